The highest BCUT2D eigenvalue weighted by Crippen LogP contribution is 2.29. The van der Waals surface area contributed by atoms with Crippen LogP contribution in [0.1, 0.15) is 47.2 Å². The smallest absolute Gasteiger partial charge is 0.280 e. The average molecular weight is 513 g/mol. The van der Waals surface area contributed by atoms with Crippen LogP contribution in [0.3, 0.4) is 0 Å². The molecule has 0 radical (unpaired) electrons. The monoisotopic (exact) mass is 512 g/mol. The van der Waals surface area contributed by atoms with E-state index in [0.29, 0.717) is 17.5 Å². The topological polar surface area (TPSA) is 101 Å². The molecule has 3 heterocycles. The molecule has 0 atom stereocenters. The molecule has 9 nitrogen and oxygen atoms in total. The molecule has 5 rings (SSSR count). The van der Waals surface area contributed by atoms with Crippen molar-refractivity contribution in [2.24, 2.45) is 0 Å². The molecule has 0 bridgehead atoms. The van der Waals surface area contributed by atoms with Crippen LogP contribution in [-0.4, -0.2) is 52.6 Å². The molecule has 1 aliphatic rings. The number of carbonyl (C=O) groups excluding carboxylic acids is 1. The number of fused-ring (bicyclic) bond motifs is 1. The van der Waals surface area contributed by atoms with Crippen LogP contribution in [0.5, 0.6) is 0 Å². The Hall–Kier alpha value is -4.08. The van der Waals surface area contributed by atoms with E-state index in [1.807, 2.05) is 36.4 Å². The molecule has 1 saturated heterocycles. The minimum atomic E-state index is -0.634. The summed E-state index contributed by atoms with van der Waals surface area (Å²) in [6.07, 6.45) is 6.18. The van der Waals surface area contributed by atoms with E-state index in [1.54, 1.807) is 4.57 Å². The Kier molecular flexibility index (Phi) is 7.48. The van der Waals surface area contributed by atoms with Gasteiger partial charge < -0.3 is 14.8 Å². The normalized spacial score (nSPS) is 14.5. The lowest BCUT2D eigenvalue weighted by molar-refractivity contribution is 0.0536. The van der Waals surface area contributed by atoms with Crippen molar-refractivity contribution in [2.45, 2.75) is 32.1 Å². The third kappa shape index (κ3) is 5.29. The van der Waals surface area contributed by atoms with E-state index in [-0.39, 0.29) is 10.9 Å². The third-order valence-electron chi connectivity index (χ3n) is 7.16. The van der Waals surface area contributed by atoms with Gasteiger partial charge in [-0.25, -0.2) is 10.5 Å². The SMILES string of the molecule is CCc1ccc(-n2cc(C(=O)NOC)c(=O)c3cnc(Nc4ccc(C5CCN(C)CC5)cc4)nc32)cc1. The number of hydroxylamine groups is 1. The minimum absolute atomic E-state index is 0.0623. The van der Waals surface area contributed by atoms with E-state index in [4.69, 9.17) is 4.84 Å². The Labute approximate surface area is 221 Å². The van der Waals surface area contributed by atoms with Gasteiger partial charge in [0.15, 0.2) is 5.65 Å². The Morgan fingerprint density at radius 3 is 2.45 bits per heavy atom. The number of nitrogens with zero attached hydrogens (tertiary/aromatic N) is 4. The van der Waals surface area contributed by atoms with Crippen LogP contribution in [0.2, 0.25) is 0 Å². The van der Waals surface area contributed by atoms with E-state index in [9.17, 15) is 9.59 Å². The van der Waals surface area contributed by atoms with Crippen molar-refractivity contribution in [1.29, 1.82) is 0 Å². The summed E-state index contributed by atoms with van der Waals surface area (Å²) in [5.41, 5.74) is 6.25. The number of hydrogen-bond acceptors (Lipinski definition) is 7. The largest absolute Gasteiger partial charge is 0.324 e. The van der Waals surface area contributed by atoms with Gasteiger partial charge in [-0.05, 0) is 80.7 Å². The van der Waals surface area contributed by atoms with Crippen molar-refractivity contribution in [1.82, 2.24) is 24.9 Å². The van der Waals surface area contributed by atoms with Crippen LogP contribution in [0.25, 0.3) is 16.7 Å². The molecule has 0 unspecified atom stereocenters. The number of rotatable bonds is 7. The molecule has 9 heteroatoms. The van der Waals surface area contributed by atoms with Crippen molar-refractivity contribution in [2.75, 3.05) is 32.6 Å². The number of pyridine rings is 1. The van der Waals surface area contributed by atoms with Gasteiger partial charge in [-0.3, -0.25) is 14.4 Å². The summed E-state index contributed by atoms with van der Waals surface area (Å²) in [4.78, 5) is 41.9. The van der Waals surface area contributed by atoms with Gasteiger partial charge in [0.05, 0.1) is 12.5 Å². The second-order valence-electron chi connectivity index (χ2n) is 9.65. The second kappa shape index (κ2) is 11.1. The van der Waals surface area contributed by atoms with Gasteiger partial charge in [0, 0.05) is 23.8 Å². The predicted molar refractivity (Wildman–Crippen MR) is 148 cm³/mol. The summed E-state index contributed by atoms with van der Waals surface area (Å²) in [6, 6.07) is 16.3. The van der Waals surface area contributed by atoms with Gasteiger partial charge in [0.1, 0.15) is 5.56 Å². The first-order chi connectivity index (χ1) is 18.5. The zero-order valence-electron chi connectivity index (χ0n) is 21.9. The number of amides is 1. The molecule has 196 valence electrons. The molecule has 2 aromatic heterocycles. The van der Waals surface area contributed by atoms with E-state index in [1.165, 1.54) is 30.6 Å². The summed E-state index contributed by atoms with van der Waals surface area (Å²) in [5.74, 6) is 0.303. The average Bonchev–Trinajstić information content (AvgIpc) is 2.94. The highest BCUT2D eigenvalue weighted by Gasteiger charge is 2.20. The molecule has 4 aromatic rings. The van der Waals surface area contributed by atoms with Crippen molar-refractivity contribution < 1.29 is 9.63 Å². The van der Waals surface area contributed by atoms with Crippen LogP contribution < -0.4 is 16.2 Å². The van der Waals surface area contributed by atoms with E-state index >= 15 is 0 Å². The van der Waals surface area contributed by atoms with Crippen LogP contribution in [0.4, 0.5) is 11.6 Å². The van der Waals surface area contributed by atoms with Crippen LogP contribution >= 0.6 is 0 Å². The summed E-state index contributed by atoms with van der Waals surface area (Å²) in [6.45, 7) is 4.32. The number of hydrogen-bond donors (Lipinski definition) is 2. The van der Waals surface area contributed by atoms with Gasteiger partial charge in [0.25, 0.3) is 5.91 Å². The molecule has 2 aromatic carbocycles. The minimum Gasteiger partial charge on any atom is -0.324 e. The summed E-state index contributed by atoms with van der Waals surface area (Å²) in [5, 5.41) is 3.50. The molecule has 1 fully saturated rings. The molecule has 2 N–H and O–H groups in total. The molecule has 0 aliphatic carbocycles. The number of anilines is 2. The third-order valence-corrected chi connectivity index (χ3v) is 7.16. The van der Waals surface area contributed by atoms with Gasteiger partial charge in [-0.2, -0.15) is 4.98 Å². The predicted octanol–water partition coefficient (Wildman–Crippen LogP) is 4.19. The maximum Gasteiger partial charge on any atom is 0.280 e. The number of likely N-dealkylation sites (tertiary alicyclic amines) is 1. The van der Waals surface area contributed by atoms with E-state index in [2.05, 4.69) is 51.8 Å². The second-order valence-corrected chi connectivity index (χ2v) is 9.65. The fourth-order valence-corrected chi connectivity index (χ4v) is 4.88. The first kappa shape index (κ1) is 25.6. The van der Waals surface area contributed by atoms with E-state index in [0.717, 1.165) is 43.7 Å². The number of nitrogens with one attached hydrogen (secondary N) is 2. The van der Waals surface area contributed by atoms with Crippen LogP contribution in [-0.2, 0) is 11.3 Å². The van der Waals surface area contributed by atoms with Gasteiger partial charge in [0.2, 0.25) is 11.4 Å². The van der Waals surface area contributed by atoms with Crippen LogP contribution in [0.15, 0.2) is 65.7 Å². The molecular formula is C29H32N6O3. The number of aryl methyl sites for hydroxylation is 1. The Morgan fingerprint density at radius 1 is 1.08 bits per heavy atom. The number of piperidine rings is 1. The van der Waals surface area contributed by atoms with Gasteiger partial charge in [-0.1, -0.05) is 31.2 Å². The first-order valence-corrected chi connectivity index (χ1v) is 12.9. The zero-order valence-corrected chi connectivity index (χ0v) is 21.9. The molecule has 38 heavy (non-hydrogen) atoms. The van der Waals surface area contributed by atoms with Gasteiger partial charge in [-0.15, -0.1) is 0 Å². The summed E-state index contributed by atoms with van der Waals surface area (Å²) < 4.78 is 1.73. The molecule has 0 saturated carbocycles. The van der Waals surface area contributed by atoms with Crippen LogP contribution in [0, 0.1) is 0 Å². The maximum absolute atomic E-state index is 13.2. The fraction of sp³-hybridized carbons (Fsp3) is 0.310. The lowest BCUT2D eigenvalue weighted by atomic mass is 9.89. The Bertz CT molecular complexity index is 1490. The lowest BCUT2D eigenvalue weighted by Crippen LogP contribution is -2.29. The van der Waals surface area contributed by atoms with Crippen molar-refractivity contribution >= 4 is 28.6 Å². The molecule has 0 spiro atoms. The molecule has 1 amide bonds. The summed E-state index contributed by atoms with van der Waals surface area (Å²) in [7, 11) is 3.49. The highest BCUT2D eigenvalue weighted by atomic mass is 16.6. The van der Waals surface area contributed by atoms with E-state index < -0.39 is 11.3 Å². The maximum atomic E-state index is 13.2. The van der Waals surface area contributed by atoms with Crippen molar-refractivity contribution in [3.63, 3.8) is 0 Å². The fourth-order valence-electron chi connectivity index (χ4n) is 4.88. The number of aromatic nitrogens is 3. The van der Waals surface area contributed by atoms with Crippen molar-refractivity contribution in [3.8, 4) is 5.69 Å². The van der Waals surface area contributed by atoms with Crippen molar-refractivity contribution in [3.05, 3.63) is 87.8 Å². The Morgan fingerprint density at radius 2 is 1.79 bits per heavy atom. The molecular weight excluding hydrogens is 480 g/mol. The standard InChI is InChI=1S/C29H32N6O3/c1-4-19-5-11-23(12-6-19)35-18-25(28(37)33-38-3)26(36)24-17-30-29(32-27(24)35)31-22-9-7-20(8-10-22)21-13-15-34(2)16-14-21/h5-12,17-18,21H,4,13-16H2,1-3H3,(H,33,37)(H,30,31,32). The number of carbonyl (C=O) groups is 1. The number of benzene rings is 2. The Balaban J connectivity index is 1.50. The quantitative estimate of drug-likeness (QED) is 0.358. The summed E-state index contributed by atoms with van der Waals surface area (Å²) >= 11 is 0. The highest BCUT2D eigenvalue weighted by molar-refractivity contribution is 5.96. The lowest BCUT2D eigenvalue weighted by Gasteiger charge is -2.29. The van der Waals surface area contributed by atoms with Gasteiger partial charge >= 0.3 is 0 Å². The first-order valence-electron chi connectivity index (χ1n) is 12.9. The molecule has 1 aliphatic heterocycles. The zero-order chi connectivity index (χ0) is 26.6.